The number of urea groups is 1. The number of amides is 3. The summed E-state index contributed by atoms with van der Waals surface area (Å²) in [5.74, 6) is 0.375. The van der Waals surface area contributed by atoms with Crippen LogP contribution in [0, 0.1) is 0 Å². The van der Waals surface area contributed by atoms with Crippen molar-refractivity contribution < 1.29 is 9.59 Å². The quantitative estimate of drug-likeness (QED) is 0.463. The van der Waals surface area contributed by atoms with Crippen molar-refractivity contribution in [3.8, 4) is 5.82 Å². The number of anilines is 3. The van der Waals surface area contributed by atoms with Crippen molar-refractivity contribution >= 4 is 39.7 Å². The third kappa shape index (κ3) is 4.66. The van der Waals surface area contributed by atoms with Gasteiger partial charge in [0.2, 0.25) is 0 Å². The average Bonchev–Trinajstić information content (AvgIpc) is 3.41. The van der Waals surface area contributed by atoms with Gasteiger partial charge in [-0.25, -0.2) is 14.5 Å². The molecule has 29 heavy (non-hydrogen) atoms. The van der Waals surface area contributed by atoms with E-state index in [1.165, 1.54) is 11.3 Å². The van der Waals surface area contributed by atoms with Gasteiger partial charge in [0.1, 0.15) is 0 Å². The second kappa shape index (κ2) is 8.36. The number of hydrogen-bond donors (Lipinski definition) is 3. The zero-order valence-electron chi connectivity index (χ0n) is 15.1. The van der Waals surface area contributed by atoms with Crippen LogP contribution >= 0.6 is 11.3 Å². The van der Waals surface area contributed by atoms with Crippen LogP contribution in [0.2, 0.25) is 0 Å². The number of nitrogens with zero attached hydrogens (tertiary/aromatic N) is 3. The third-order valence-corrected chi connectivity index (χ3v) is 4.84. The minimum Gasteiger partial charge on any atom is -0.320 e. The second-order valence-corrected chi connectivity index (χ2v) is 7.00. The summed E-state index contributed by atoms with van der Waals surface area (Å²) in [6, 6.07) is 17.4. The molecule has 0 unspecified atom stereocenters. The van der Waals surface area contributed by atoms with E-state index in [1.807, 2.05) is 18.2 Å². The van der Waals surface area contributed by atoms with E-state index in [0.29, 0.717) is 27.1 Å². The monoisotopic (exact) mass is 404 g/mol. The SMILES string of the molecule is O=C(Nc1ccccc1)Nc1ccc(C(=O)Nc2ccc(-n3cccn3)nc2)s1. The van der Waals surface area contributed by atoms with E-state index in [1.54, 1.807) is 65.7 Å². The third-order valence-electron chi connectivity index (χ3n) is 3.84. The molecule has 0 radical (unpaired) electrons. The van der Waals surface area contributed by atoms with Crippen LogP contribution in [0.3, 0.4) is 0 Å². The van der Waals surface area contributed by atoms with E-state index in [0.717, 1.165) is 0 Å². The van der Waals surface area contributed by atoms with Crippen LogP contribution in [-0.4, -0.2) is 26.7 Å². The molecule has 3 amide bonds. The first kappa shape index (κ1) is 18.4. The Morgan fingerprint density at radius 2 is 1.72 bits per heavy atom. The Bertz CT molecular complexity index is 1110. The lowest BCUT2D eigenvalue weighted by Gasteiger charge is -2.06. The van der Waals surface area contributed by atoms with Gasteiger partial charge < -0.3 is 10.6 Å². The van der Waals surface area contributed by atoms with Crippen molar-refractivity contribution in [1.82, 2.24) is 14.8 Å². The molecule has 0 fully saturated rings. The molecular formula is C20H16N6O2S. The molecule has 8 nitrogen and oxygen atoms in total. The Kier molecular flexibility index (Phi) is 5.30. The van der Waals surface area contributed by atoms with Gasteiger partial charge in [0.05, 0.1) is 21.8 Å². The fourth-order valence-corrected chi connectivity index (χ4v) is 3.31. The lowest BCUT2D eigenvalue weighted by atomic mass is 10.3. The van der Waals surface area contributed by atoms with Crippen molar-refractivity contribution in [2.75, 3.05) is 16.0 Å². The fraction of sp³-hybridized carbons (Fsp3) is 0. The van der Waals surface area contributed by atoms with Gasteiger partial charge in [-0.05, 0) is 42.5 Å². The normalized spacial score (nSPS) is 10.3. The number of thiophene rings is 1. The van der Waals surface area contributed by atoms with Crippen LogP contribution in [0.4, 0.5) is 21.2 Å². The van der Waals surface area contributed by atoms with E-state index in [9.17, 15) is 9.59 Å². The second-order valence-electron chi connectivity index (χ2n) is 5.92. The minimum absolute atomic E-state index is 0.278. The largest absolute Gasteiger partial charge is 0.324 e. The summed E-state index contributed by atoms with van der Waals surface area (Å²) >= 11 is 1.18. The number of benzene rings is 1. The zero-order chi connectivity index (χ0) is 20.1. The molecule has 1 aromatic carbocycles. The van der Waals surface area contributed by atoms with Crippen LogP contribution in [0.1, 0.15) is 9.67 Å². The first-order valence-electron chi connectivity index (χ1n) is 8.68. The molecule has 144 valence electrons. The molecule has 0 saturated heterocycles. The molecule has 0 atom stereocenters. The molecule has 3 aromatic heterocycles. The van der Waals surface area contributed by atoms with Gasteiger partial charge in [-0.3, -0.25) is 10.1 Å². The van der Waals surface area contributed by atoms with Crippen LogP contribution in [0.15, 0.2) is 79.3 Å². The molecule has 3 N–H and O–H groups in total. The molecule has 0 bridgehead atoms. The van der Waals surface area contributed by atoms with Gasteiger partial charge in [-0.1, -0.05) is 18.2 Å². The van der Waals surface area contributed by atoms with Gasteiger partial charge in [0.15, 0.2) is 5.82 Å². The van der Waals surface area contributed by atoms with Crippen molar-refractivity contribution in [2.45, 2.75) is 0 Å². The lowest BCUT2D eigenvalue weighted by Crippen LogP contribution is -2.18. The number of hydrogen-bond acceptors (Lipinski definition) is 5. The summed E-state index contributed by atoms with van der Waals surface area (Å²) in [4.78, 5) is 29.2. The summed E-state index contributed by atoms with van der Waals surface area (Å²) < 4.78 is 1.63. The molecule has 0 aliphatic rings. The lowest BCUT2D eigenvalue weighted by molar-refractivity contribution is 0.103. The number of carbonyl (C=O) groups excluding carboxylic acids is 2. The summed E-state index contributed by atoms with van der Waals surface area (Å²) in [5.41, 5.74) is 1.25. The summed E-state index contributed by atoms with van der Waals surface area (Å²) in [5, 5.41) is 12.9. The minimum atomic E-state index is -0.372. The highest BCUT2D eigenvalue weighted by molar-refractivity contribution is 7.18. The Labute approximate surface area is 170 Å². The van der Waals surface area contributed by atoms with E-state index in [4.69, 9.17) is 0 Å². The van der Waals surface area contributed by atoms with Crippen LogP contribution in [-0.2, 0) is 0 Å². The van der Waals surface area contributed by atoms with Crippen LogP contribution in [0.5, 0.6) is 0 Å². The summed E-state index contributed by atoms with van der Waals surface area (Å²) in [7, 11) is 0. The maximum Gasteiger partial charge on any atom is 0.324 e. The molecule has 0 spiro atoms. The highest BCUT2D eigenvalue weighted by atomic mass is 32.1. The highest BCUT2D eigenvalue weighted by Gasteiger charge is 2.12. The molecule has 4 rings (SSSR count). The van der Waals surface area contributed by atoms with E-state index in [2.05, 4.69) is 26.0 Å². The maximum absolute atomic E-state index is 12.4. The molecule has 3 heterocycles. The average molecular weight is 404 g/mol. The van der Waals surface area contributed by atoms with E-state index in [-0.39, 0.29) is 11.9 Å². The zero-order valence-corrected chi connectivity index (χ0v) is 15.9. The number of pyridine rings is 1. The molecule has 9 heteroatoms. The van der Waals surface area contributed by atoms with Crippen molar-refractivity contribution in [3.05, 3.63) is 84.1 Å². The molecule has 0 aliphatic carbocycles. The Hall–Kier alpha value is -3.98. The topological polar surface area (TPSA) is 101 Å². The Morgan fingerprint density at radius 3 is 2.45 bits per heavy atom. The van der Waals surface area contributed by atoms with Gasteiger partial charge >= 0.3 is 6.03 Å². The standard InChI is InChI=1S/C20H16N6O2S/c27-19(23-15-7-9-17(21-13-15)26-12-4-11-22-26)16-8-10-18(29-16)25-20(28)24-14-5-2-1-3-6-14/h1-13H,(H,23,27)(H2,24,25,28). The van der Waals surface area contributed by atoms with E-state index < -0.39 is 0 Å². The fourth-order valence-electron chi connectivity index (χ4n) is 2.52. The number of para-hydroxylation sites is 1. The number of nitrogens with one attached hydrogen (secondary N) is 3. The first-order chi connectivity index (χ1) is 14.2. The summed E-state index contributed by atoms with van der Waals surface area (Å²) in [6.07, 6.45) is 5.02. The molecular weight excluding hydrogens is 388 g/mol. The number of carbonyl (C=O) groups is 2. The maximum atomic E-state index is 12.4. The molecule has 0 aliphatic heterocycles. The van der Waals surface area contributed by atoms with E-state index >= 15 is 0 Å². The van der Waals surface area contributed by atoms with Gasteiger partial charge in [-0.2, -0.15) is 5.10 Å². The van der Waals surface area contributed by atoms with Crippen LogP contribution in [0.25, 0.3) is 5.82 Å². The molecule has 4 aromatic rings. The van der Waals surface area contributed by atoms with Gasteiger partial charge in [0, 0.05) is 18.1 Å². The van der Waals surface area contributed by atoms with Crippen molar-refractivity contribution in [1.29, 1.82) is 0 Å². The Balaban J connectivity index is 1.35. The Morgan fingerprint density at radius 1 is 0.862 bits per heavy atom. The molecule has 0 saturated carbocycles. The number of rotatable bonds is 5. The van der Waals surface area contributed by atoms with Crippen molar-refractivity contribution in [2.24, 2.45) is 0 Å². The predicted molar refractivity (Wildman–Crippen MR) is 113 cm³/mol. The number of aromatic nitrogens is 3. The predicted octanol–water partition coefficient (Wildman–Crippen LogP) is 4.23. The van der Waals surface area contributed by atoms with Gasteiger partial charge in [0.25, 0.3) is 5.91 Å². The van der Waals surface area contributed by atoms with Gasteiger partial charge in [-0.15, -0.1) is 11.3 Å². The first-order valence-corrected chi connectivity index (χ1v) is 9.49. The highest BCUT2D eigenvalue weighted by Crippen LogP contribution is 2.23. The van der Waals surface area contributed by atoms with Crippen LogP contribution < -0.4 is 16.0 Å². The van der Waals surface area contributed by atoms with Crippen molar-refractivity contribution in [3.63, 3.8) is 0 Å². The summed E-state index contributed by atoms with van der Waals surface area (Å²) in [6.45, 7) is 0. The smallest absolute Gasteiger partial charge is 0.320 e.